The minimum Gasteiger partial charge on any atom is -0.285 e. The van der Waals surface area contributed by atoms with Crippen LogP contribution in [-0.2, 0) is 19.2 Å². The minimum atomic E-state index is -0.898. The second kappa shape index (κ2) is 5.19. The smallest absolute Gasteiger partial charge is 0.233 e. The molecule has 6 heteroatoms. The average molecular weight is 378 g/mol. The number of amides is 4. The first kappa shape index (κ1) is 17.3. The van der Waals surface area contributed by atoms with Crippen LogP contribution in [-0.4, -0.2) is 47.5 Å². The third-order valence-corrected chi connectivity index (χ3v) is 7.70. The van der Waals surface area contributed by atoms with Crippen LogP contribution in [0.5, 0.6) is 0 Å². The van der Waals surface area contributed by atoms with Crippen LogP contribution in [0.3, 0.4) is 0 Å². The number of rotatable bonds is 1. The number of hydrogen-bond donors (Lipinski definition) is 0. The van der Waals surface area contributed by atoms with Crippen molar-refractivity contribution in [1.82, 2.24) is 9.80 Å². The van der Waals surface area contributed by atoms with Crippen LogP contribution in [0.25, 0.3) is 5.57 Å². The Kier molecular flexibility index (Phi) is 3.21. The summed E-state index contributed by atoms with van der Waals surface area (Å²) in [5.41, 5.74) is 1.97. The summed E-state index contributed by atoms with van der Waals surface area (Å²) >= 11 is 0. The molecule has 2 aliphatic heterocycles. The first-order valence-electron chi connectivity index (χ1n) is 9.62. The lowest BCUT2D eigenvalue weighted by Crippen LogP contribution is -2.59. The Labute approximate surface area is 163 Å². The number of hydrogen-bond acceptors (Lipinski definition) is 4. The van der Waals surface area contributed by atoms with Gasteiger partial charge in [-0.1, -0.05) is 42.8 Å². The second-order valence-corrected chi connectivity index (χ2v) is 8.71. The number of imide groups is 2. The number of carbonyl (C=O) groups is 4. The van der Waals surface area contributed by atoms with Crippen LogP contribution < -0.4 is 0 Å². The van der Waals surface area contributed by atoms with Gasteiger partial charge in [-0.2, -0.15) is 0 Å². The van der Waals surface area contributed by atoms with Crippen molar-refractivity contribution in [2.24, 2.45) is 35.0 Å². The number of nitrogens with zero attached hydrogens (tertiary/aromatic N) is 2. The Morgan fingerprint density at radius 1 is 0.750 bits per heavy atom. The molecule has 4 atom stereocenters. The molecule has 0 spiro atoms. The van der Waals surface area contributed by atoms with Crippen molar-refractivity contribution in [3.8, 4) is 0 Å². The van der Waals surface area contributed by atoms with Crippen LogP contribution in [0.4, 0.5) is 0 Å². The van der Waals surface area contributed by atoms with E-state index in [1.54, 1.807) is 0 Å². The minimum absolute atomic E-state index is 0.231. The topological polar surface area (TPSA) is 74.8 Å². The summed E-state index contributed by atoms with van der Waals surface area (Å²) in [6.07, 6.45) is 0. The van der Waals surface area contributed by atoms with E-state index in [0.717, 1.165) is 16.7 Å². The Balaban J connectivity index is 1.85. The summed E-state index contributed by atoms with van der Waals surface area (Å²) in [7, 11) is 3.02. The standard InChI is InChI=1S/C22H22N2O4/c1-10-12-13-16(20(27)23(3)18(13)25)22(2,15(10)11-8-6-5-7-9-11)17-14(12)19(26)24(4)21(17)28/h5-9,12-14,16-17H,1-4H3. The summed E-state index contributed by atoms with van der Waals surface area (Å²) < 4.78 is 0. The van der Waals surface area contributed by atoms with E-state index >= 15 is 0 Å². The molecule has 3 fully saturated rings. The van der Waals surface area contributed by atoms with Crippen LogP contribution in [0.2, 0.25) is 0 Å². The Hall–Kier alpha value is -2.76. The summed E-state index contributed by atoms with van der Waals surface area (Å²) in [5.74, 6) is -3.73. The molecule has 2 saturated heterocycles. The van der Waals surface area contributed by atoms with Gasteiger partial charge in [0.2, 0.25) is 23.6 Å². The summed E-state index contributed by atoms with van der Waals surface area (Å²) in [6.45, 7) is 3.88. The van der Waals surface area contributed by atoms with Gasteiger partial charge in [-0.3, -0.25) is 29.0 Å². The first-order chi connectivity index (χ1) is 13.2. The molecule has 4 amide bonds. The SMILES string of the molecule is CC1=C(c2ccccc2)C2(C)C3C(=O)N(C)C(=O)C3C1C1C(=O)N(C)C(=O)C12. The largest absolute Gasteiger partial charge is 0.285 e. The predicted molar refractivity (Wildman–Crippen MR) is 100 cm³/mol. The fourth-order valence-electron chi connectivity index (χ4n) is 6.66. The van der Waals surface area contributed by atoms with E-state index in [1.165, 1.54) is 23.9 Å². The van der Waals surface area contributed by atoms with Crippen LogP contribution in [0, 0.1) is 35.0 Å². The lowest BCUT2D eigenvalue weighted by Gasteiger charge is -2.57. The van der Waals surface area contributed by atoms with Crippen molar-refractivity contribution in [3.05, 3.63) is 41.5 Å². The van der Waals surface area contributed by atoms with Gasteiger partial charge in [-0.25, -0.2) is 0 Å². The van der Waals surface area contributed by atoms with Crippen molar-refractivity contribution < 1.29 is 19.2 Å². The number of allylic oxidation sites excluding steroid dienone is 2. The van der Waals surface area contributed by atoms with E-state index in [2.05, 4.69) is 0 Å². The van der Waals surface area contributed by atoms with E-state index in [-0.39, 0.29) is 23.6 Å². The quantitative estimate of drug-likeness (QED) is 0.696. The monoisotopic (exact) mass is 378 g/mol. The fourth-order valence-corrected chi connectivity index (χ4v) is 6.66. The molecule has 6 nitrogen and oxygen atoms in total. The lowest BCUT2D eigenvalue weighted by atomic mass is 9.42. The highest BCUT2D eigenvalue weighted by molar-refractivity contribution is 6.13. The zero-order valence-corrected chi connectivity index (χ0v) is 16.3. The van der Waals surface area contributed by atoms with Gasteiger partial charge in [0.1, 0.15) is 0 Å². The van der Waals surface area contributed by atoms with Gasteiger partial charge in [-0.05, 0) is 18.1 Å². The molecule has 0 N–H and O–H groups in total. The zero-order valence-electron chi connectivity index (χ0n) is 16.3. The molecule has 2 heterocycles. The molecule has 144 valence electrons. The summed E-state index contributed by atoms with van der Waals surface area (Å²) in [5, 5.41) is 0. The van der Waals surface area contributed by atoms with Gasteiger partial charge < -0.3 is 0 Å². The van der Waals surface area contributed by atoms with E-state index in [1.807, 2.05) is 44.2 Å². The third-order valence-electron chi connectivity index (χ3n) is 7.70. The molecular weight excluding hydrogens is 356 g/mol. The first-order valence-corrected chi connectivity index (χ1v) is 9.62. The highest BCUT2D eigenvalue weighted by Gasteiger charge is 2.75. The average Bonchev–Trinajstić information content (AvgIpc) is 3.05. The molecule has 2 bridgehead atoms. The maximum atomic E-state index is 13.2. The highest BCUT2D eigenvalue weighted by atomic mass is 16.2. The number of likely N-dealkylation sites (tertiary alicyclic amines) is 2. The molecule has 4 unspecified atom stereocenters. The van der Waals surface area contributed by atoms with Gasteiger partial charge in [0, 0.05) is 25.4 Å². The molecule has 0 aromatic heterocycles. The Morgan fingerprint density at radius 3 is 1.68 bits per heavy atom. The Morgan fingerprint density at radius 2 is 1.21 bits per heavy atom. The molecular formula is C22H22N2O4. The fraction of sp³-hybridized carbons (Fsp3) is 0.455. The molecule has 5 aliphatic rings. The molecule has 28 heavy (non-hydrogen) atoms. The van der Waals surface area contributed by atoms with Crippen molar-refractivity contribution in [2.45, 2.75) is 13.8 Å². The lowest BCUT2D eigenvalue weighted by molar-refractivity contribution is -0.145. The summed E-state index contributed by atoms with van der Waals surface area (Å²) in [4.78, 5) is 54.7. The predicted octanol–water partition coefficient (Wildman–Crippen LogP) is 1.57. The molecule has 0 radical (unpaired) electrons. The van der Waals surface area contributed by atoms with Crippen LogP contribution in [0.1, 0.15) is 19.4 Å². The zero-order chi connectivity index (χ0) is 20.1. The van der Waals surface area contributed by atoms with Crippen molar-refractivity contribution in [2.75, 3.05) is 14.1 Å². The summed E-state index contributed by atoms with van der Waals surface area (Å²) in [6, 6.07) is 9.73. The molecule has 6 rings (SSSR count). The van der Waals surface area contributed by atoms with Gasteiger partial charge >= 0.3 is 0 Å². The van der Waals surface area contributed by atoms with E-state index in [4.69, 9.17) is 0 Å². The molecule has 1 saturated carbocycles. The molecule has 3 aliphatic carbocycles. The van der Waals surface area contributed by atoms with E-state index < -0.39 is 35.0 Å². The van der Waals surface area contributed by atoms with E-state index in [9.17, 15) is 19.2 Å². The van der Waals surface area contributed by atoms with Crippen molar-refractivity contribution in [3.63, 3.8) is 0 Å². The van der Waals surface area contributed by atoms with E-state index in [0.29, 0.717) is 0 Å². The highest BCUT2D eigenvalue weighted by Crippen LogP contribution is 2.70. The van der Waals surface area contributed by atoms with Crippen molar-refractivity contribution >= 4 is 29.2 Å². The maximum Gasteiger partial charge on any atom is 0.233 e. The Bertz CT molecular complexity index is 949. The molecule has 1 aromatic rings. The third kappa shape index (κ3) is 1.66. The maximum absolute atomic E-state index is 13.2. The van der Waals surface area contributed by atoms with Gasteiger partial charge in [-0.15, -0.1) is 0 Å². The van der Waals surface area contributed by atoms with Gasteiger partial charge in [0.05, 0.1) is 23.7 Å². The second-order valence-electron chi connectivity index (χ2n) is 8.71. The van der Waals surface area contributed by atoms with Crippen LogP contribution >= 0.6 is 0 Å². The normalized spacial score (nSPS) is 39.2. The molecule has 1 aromatic carbocycles. The van der Waals surface area contributed by atoms with Gasteiger partial charge in [0.25, 0.3) is 0 Å². The number of benzene rings is 1. The van der Waals surface area contributed by atoms with Crippen LogP contribution in [0.15, 0.2) is 35.9 Å². The van der Waals surface area contributed by atoms with Gasteiger partial charge in [0.15, 0.2) is 0 Å². The van der Waals surface area contributed by atoms with Crippen molar-refractivity contribution in [1.29, 1.82) is 0 Å². The number of carbonyl (C=O) groups excluding carboxylic acids is 4.